The molecular formula is C19H19NO4. The van der Waals surface area contributed by atoms with Crippen LogP contribution < -0.4 is 5.32 Å². The molecule has 0 unspecified atom stereocenters. The average Bonchev–Trinajstić information content (AvgIpc) is 2.59. The van der Waals surface area contributed by atoms with Crippen molar-refractivity contribution in [2.75, 3.05) is 0 Å². The number of benzene rings is 2. The Labute approximate surface area is 140 Å². The number of hydrogen-bond donors (Lipinski definition) is 2. The third-order valence-electron chi connectivity index (χ3n) is 3.64. The topological polar surface area (TPSA) is 83.5 Å². The summed E-state index contributed by atoms with van der Waals surface area (Å²) in [6.45, 7) is 1.39. The number of carboxylic acid groups (broad SMARTS) is 1. The van der Waals surface area contributed by atoms with E-state index >= 15 is 0 Å². The van der Waals surface area contributed by atoms with E-state index in [1.54, 1.807) is 12.1 Å². The fraction of sp³-hybridized carbons (Fsp3) is 0.211. The molecule has 2 N–H and O–H groups in total. The zero-order chi connectivity index (χ0) is 17.5. The summed E-state index contributed by atoms with van der Waals surface area (Å²) >= 11 is 0. The van der Waals surface area contributed by atoms with Gasteiger partial charge in [0.25, 0.3) is 5.91 Å². The molecule has 1 atom stereocenters. The van der Waals surface area contributed by atoms with E-state index in [0.717, 1.165) is 11.1 Å². The first kappa shape index (κ1) is 17.4. The first-order valence-corrected chi connectivity index (χ1v) is 7.66. The minimum absolute atomic E-state index is 0.0819. The lowest BCUT2D eigenvalue weighted by Crippen LogP contribution is -2.41. The standard InChI is InChI=1S/C19H19NO4/c1-13(21)7-12-17(19(23)24)20-18(22)16-10-8-15(9-11-16)14-5-3-2-4-6-14/h2-6,8-11,17H,7,12H2,1H3,(H,20,22)(H,23,24)/t17-/m1/s1. The van der Waals surface area contributed by atoms with Gasteiger partial charge in [-0.15, -0.1) is 0 Å². The van der Waals surface area contributed by atoms with Gasteiger partial charge in [-0.05, 0) is 36.6 Å². The van der Waals surface area contributed by atoms with Gasteiger partial charge >= 0.3 is 5.97 Å². The highest BCUT2D eigenvalue weighted by atomic mass is 16.4. The molecule has 0 aliphatic heterocycles. The quantitative estimate of drug-likeness (QED) is 0.820. The third-order valence-corrected chi connectivity index (χ3v) is 3.64. The highest BCUT2D eigenvalue weighted by molar-refractivity contribution is 5.97. The zero-order valence-electron chi connectivity index (χ0n) is 13.4. The Bertz CT molecular complexity index is 723. The van der Waals surface area contributed by atoms with Crippen molar-refractivity contribution in [1.29, 1.82) is 0 Å². The van der Waals surface area contributed by atoms with Crippen LogP contribution in [0.5, 0.6) is 0 Å². The van der Waals surface area contributed by atoms with Gasteiger partial charge in [-0.3, -0.25) is 4.79 Å². The summed E-state index contributed by atoms with van der Waals surface area (Å²) < 4.78 is 0. The largest absolute Gasteiger partial charge is 0.480 e. The van der Waals surface area contributed by atoms with Crippen LogP contribution >= 0.6 is 0 Å². The van der Waals surface area contributed by atoms with Crippen molar-refractivity contribution in [3.8, 4) is 11.1 Å². The number of aliphatic carboxylic acids is 1. The molecule has 5 heteroatoms. The van der Waals surface area contributed by atoms with Crippen LogP contribution in [0, 0.1) is 0 Å². The average molecular weight is 325 g/mol. The molecule has 2 aromatic carbocycles. The van der Waals surface area contributed by atoms with E-state index in [4.69, 9.17) is 5.11 Å². The molecule has 0 heterocycles. The van der Waals surface area contributed by atoms with Crippen LogP contribution in [-0.2, 0) is 9.59 Å². The fourth-order valence-electron chi connectivity index (χ4n) is 2.29. The molecule has 0 aliphatic carbocycles. The number of hydrogen-bond acceptors (Lipinski definition) is 3. The molecule has 0 radical (unpaired) electrons. The Hall–Kier alpha value is -2.95. The Morgan fingerprint density at radius 2 is 1.54 bits per heavy atom. The smallest absolute Gasteiger partial charge is 0.326 e. The van der Waals surface area contributed by atoms with E-state index in [-0.39, 0.29) is 18.6 Å². The molecule has 2 aromatic rings. The van der Waals surface area contributed by atoms with E-state index in [9.17, 15) is 14.4 Å². The molecule has 124 valence electrons. The molecule has 0 aliphatic rings. The Kier molecular flexibility index (Phi) is 5.84. The van der Waals surface area contributed by atoms with Crippen molar-refractivity contribution in [3.05, 3.63) is 60.2 Å². The van der Waals surface area contributed by atoms with Crippen LogP contribution in [0.4, 0.5) is 0 Å². The van der Waals surface area contributed by atoms with E-state index in [0.29, 0.717) is 5.56 Å². The minimum Gasteiger partial charge on any atom is -0.480 e. The Balaban J connectivity index is 2.06. The summed E-state index contributed by atoms with van der Waals surface area (Å²) in [6.07, 6.45) is 0.197. The van der Waals surface area contributed by atoms with Gasteiger partial charge in [0.2, 0.25) is 0 Å². The number of nitrogens with one attached hydrogen (secondary N) is 1. The molecule has 24 heavy (non-hydrogen) atoms. The highest BCUT2D eigenvalue weighted by Crippen LogP contribution is 2.19. The van der Waals surface area contributed by atoms with Gasteiger partial charge in [-0.1, -0.05) is 42.5 Å². The van der Waals surface area contributed by atoms with Crippen LogP contribution in [0.15, 0.2) is 54.6 Å². The lowest BCUT2D eigenvalue weighted by molar-refractivity contribution is -0.139. The molecule has 0 bridgehead atoms. The van der Waals surface area contributed by atoms with Crippen LogP contribution in [0.2, 0.25) is 0 Å². The van der Waals surface area contributed by atoms with Gasteiger partial charge in [0.05, 0.1) is 0 Å². The number of amides is 1. The molecule has 0 saturated heterocycles. The summed E-state index contributed by atoms with van der Waals surface area (Å²) in [5, 5.41) is 11.6. The number of rotatable bonds is 7. The molecule has 0 saturated carbocycles. The SMILES string of the molecule is CC(=O)CC[C@@H](NC(=O)c1ccc(-c2ccccc2)cc1)C(=O)O. The van der Waals surface area contributed by atoms with Gasteiger partial charge in [0.15, 0.2) is 0 Å². The number of carbonyl (C=O) groups excluding carboxylic acids is 2. The van der Waals surface area contributed by atoms with E-state index in [1.807, 2.05) is 42.5 Å². The molecular weight excluding hydrogens is 306 g/mol. The van der Waals surface area contributed by atoms with Crippen molar-refractivity contribution >= 4 is 17.7 Å². The van der Waals surface area contributed by atoms with Gasteiger partial charge in [0, 0.05) is 12.0 Å². The minimum atomic E-state index is -1.15. The van der Waals surface area contributed by atoms with Crippen LogP contribution in [0.1, 0.15) is 30.1 Å². The summed E-state index contributed by atoms with van der Waals surface area (Å²) in [5.41, 5.74) is 2.39. The van der Waals surface area contributed by atoms with Crippen LogP contribution in [0.25, 0.3) is 11.1 Å². The maximum absolute atomic E-state index is 12.2. The molecule has 0 aromatic heterocycles. The number of carbonyl (C=O) groups is 3. The highest BCUT2D eigenvalue weighted by Gasteiger charge is 2.20. The van der Waals surface area contributed by atoms with E-state index < -0.39 is 17.9 Å². The first-order chi connectivity index (χ1) is 11.5. The first-order valence-electron chi connectivity index (χ1n) is 7.66. The zero-order valence-corrected chi connectivity index (χ0v) is 13.4. The predicted molar refractivity (Wildman–Crippen MR) is 90.7 cm³/mol. The van der Waals surface area contributed by atoms with Gasteiger partial charge in [-0.25, -0.2) is 4.79 Å². The molecule has 2 rings (SSSR count). The summed E-state index contributed by atoms with van der Waals surface area (Å²) in [4.78, 5) is 34.4. The monoisotopic (exact) mass is 325 g/mol. The van der Waals surface area contributed by atoms with Crippen molar-refractivity contribution < 1.29 is 19.5 Å². The van der Waals surface area contributed by atoms with Crippen LogP contribution in [-0.4, -0.2) is 28.8 Å². The normalized spacial score (nSPS) is 11.5. The van der Waals surface area contributed by atoms with Crippen molar-refractivity contribution in [2.24, 2.45) is 0 Å². The van der Waals surface area contributed by atoms with E-state index in [1.165, 1.54) is 6.92 Å². The number of Topliss-reactive ketones (excluding diaryl/α,β-unsaturated/α-hetero) is 1. The Morgan fingerprint density at radius 3 is 2.08 bits per heavy atom. The lowest BCUT2D eigenvalue weighted by atomic mass is 10.0. The third kappa shape index (κ3) is 4.78. The number of ketones is 1. The second-order valence-corrected chi connectivity index (χ2v) is 5.55. The molecule has 5 nitrogen and oxygen atoms in total. The summed E-state index contributed by atoms with van der Waals surface area (Å²) in [7, 11) is 0. The maximum atomic E-state index is 12.2. The van der Waals surface area contributed by atoms with Crippen molar-refractivity contribution in [3.63, 3.8) is 0 Å². The van der Waals surface area contributed by atoms with Gasteiger partial charge < -0.3 is 15.2 Å². The molecule has 0 fully saturated rings. The Morgan fingerprint density at radius 1 is 0.958 bits per heavy atom. The summed E-state index contributed by atoms with van der Waals surface area (Å²) in [5.74, 6) is -1.72. The van der Waals surface area contributed by atoms with Crippen molar-refractivity contribution in [2.45, 2.75) is 25.8 Å². The maximum Gasteiger partial charge on any atom is 0.326 e. The predicted octanol–water partition coefficient (Wildman–Crippen LogP) is 2.91. The summed E-state index contributed by atoms with van der Waals surface area (Å²) in [6, 6.07) is 15.6. The second kappa shape index (κ2) is 8.06. The second-order valence-electron chi connectivity index (χ2n) is 5.55. The molecule has 1 amide bonds. The van der Waals surface area contributed by atoms with E-state index in [2.05, 4.69) is 5.32 Å². The lowest BCUT2D eigenvalue weighted by Gasteiger charge is -2.14. The molecule has 0 spiro atoms. The van der Waals surface area contributed by atoms with Crippen molar-refractivity contribution in [1.82, 2.24) is 5.32 Å². The van der Waals surface area contributed by atoms with Crippen LogP contribution in [0.3, 0.4) is 0 Å². The van der Waals surface area contributed by atoms with Gasteiger partial charge in [-0.2, -0.15) is 0 Å². The number of carboxylic acids is 1. The van der Waals surface area contributed by atoms with Gasteiger partial charge in [0.1, 0.15) is 11.8 Å². The fourth-order valence-corrected chi connectivity index (χ4v) is 2.29.